The molecular weight excluding hydrogens is 2860 g/mol. The number of hydrogen-bond donors (Lipinski definition) is 0. The first kappa shape index (κ1) is 137. The van der Waals surface area contributed by atoms with Gasteiger partial charge in [-0.3, -0.25) is 0 Å². The van der Waals surface area contributed by atoms with Crippen molar-refractivity contribution in [1.82, 2.24) is 0 Å². The second-order valence-corrected chi connectivity index (χ2v) is 324. The number of hydrogen-bond acceptors (Lipinski definition) is 61. The molecule has 0 unspecified atom stereocenters. The van der Waals surface area contributed by atoms with Crippen LogP contribution in [0.15, 0.2) is 0 Å². The Labute approximate surface area is 823 Å². The van der Waals surface area contributed by atoms with Gasteiger partial charge in [0.05, 0.1) is 0 Å². The van der Waals surface area contributed by atoms with Crippen LogP contribution in [-0.2, 0) is 270 Å². The largest absolute Gasteiger partial charge is 0.575 e. The Bertz CT molecular complexity index is 6280. The molecule has 0 atom stereocenters. The van der Waals surface area contributed by atoms with Crippen molar-refractivity contribution in [2.75, 3.05) is 0 Å². The zero-order valence-corrected chi connectivity index (χ0v) is 131. The highest BCUT2D eigenvalue weighted by Crippen LogP contribution is 2.16. The molecule has 61 nitrogen and oxygen atoms in total. The van der Waals surface area contributed by atoms with Crippen LogP contribution >= 0.6 is 0 Å². The SMILES string of the molecule is C[Si](C)(C)O[SiH2][Si](=O)[Si](=O)[Si](=O)[Si](=O)[Si](=O)[Si](=O)[Si](=O)[Si](=O)[Si](=O)[Si](=O)[Si](=O)[Si](=O)[Si](=O)[Si](=O)[Si](=O)[Si](=O)[Si](=O)[Si](=O)O[Si](C)(C)[Si](=O)[Si](=O)[Si](=O)[Si](=O)[Si](=O)[Si](=O)[Si](=O)[Si](=O)[Si](=O)[Si](=O)[Si](=O)[Si](=O)[Si](=O)[Si](=O)[Si](=O)[Si](=O)[Si](=O)[Si](=O)[Si](=O)[Si](=O)[Si](=O)[Si](=O)[Si](=O)[Si](=O)[Si](=O)[Si](=O)[Si](=O)[Si](=O)[Si](=O)O[Si](C)(C)[Si](=O)[Si](=O)[Si](=O)[Si](=O)[Si](=O)[Si](=O)[Si](=O)[Si](=O)[Si](=O)O[Si](C)(C)O[Si](C)(C)C. The zero-order chi connectivity index (χ0) is 107. The molecule has 0 radical (unpaired) electrons. The molecule has 0 aromatic carbocycles. The van der Waals surface area contributed by atoms with Crippen molar-refractivity contribution in [3.05, 3.63) is 0 Å². The van der Waals surface area contributed by atoms with E-state index < -0.39 is 485 Å². The lowest BCUT2D eigenvalue weighted by Gasteiger charge is -2.30. The highest BCUT2D eigenvalue weighted by Gasteiger charge is 2.64. The minimum Gasteiger partial charge on any atom is -0.575 e. The van der Waals surface area contributed by atoms with Crippen LogP contribution in [0, 0.1) is 0 Å². The fourth-order valence-electron chi connectivity index (χ4n) is 7.72. The lowest BCUT2D eigenvalue weighted by molar-refractivity contribution is 0.377. The Morgan fingerprint density at radius 1 is 0.141 bits per heavy atom. The maximum atomic E-state index is 13.5. The topological polar surface area (TPSA) is 1000 Å². The molecule has 0 aliphatic carbocycles. The maximum absolute atomic E-state index is 13.5. The van der Waals surface area contributed by atoms with Gasteiger partial charge in [0, 0.05) is 0 Å². The van der Waals surface area contributed by atoms with Gasteiger partial charge >= 0.3 is 443 Å². The molecule has 135 heavy (non-hydrogen) atoms. The fraction of sp³-hybridized carbons (Fsp3) is 1.00. The summed E-state index contributed by atoms with van der Waals surface area (Å²) < 4.78 is 754. The summed E-state index contributed by atoms with van der Waals surface area (Å²) in [5.41, 5.74) is 0. The fourth-order valence-corrected chi connectivity index (χ4v) is 679. The molecule has 0 saturated carbocycles. The van der Waals surface area contributed by atoms with E-state index in [1.807, 2.05) is 0 Å². The lowest BCUT2D eigenvalue weighted by Crippen LogP contribution is -2.59. The molecule has 0 heterocycles. The van der Waals surface area contributed by atoms with E-state index in [2.05, 4.69) is 0 Å². The summed E-state index contributed by atoms with van der Waals surface area (Å²) in [6.45, 7) is 15.5. The summed E-state index contributed by atoms with van der Waals surface area (Å²) in [6, 6.07) is 0. The van der Waals surface area contributed by atoms with E-state index in [9.17, 15) is 250 Å². The minimum absolute atomic E-state index is 0.633. The lowest BCUT2D eigenvalue weighted by atomic mass is 11.8. The van der Waals surface area contributed by atoms with E-state index >= 15 is 0 Å². The third-order valence-corrected chi connectivity index (χ3v) is 471. The van der Waals surface area contributed by atoms with E-state index in [0.29, 0.717) is 13.1 Å². The van der Waals surface area contributed by atoms with Gasteiger partial charge in [0.2, 0.25) is 9.28 Å². The van der Waals surface area contributed by atoms with Crippen molar-refractivity contribution in [3.8, 4) is 0 Å². The summed E-state index contributed by atoms with van der Waals surface area (Å²) >= 11 is 0. The molecule has 700 valence electrons. The van der Waals surface area contributed by atoms with Gasteiger partial charge in [0.25, 0.3) is 15.7 Å². The van der Waals surface area contributed by atoms with Crippen molar-refractivity contribution in [2.24, 2.45) is 0 Å². The molecule has 0 aromatic heterocycles. The third-order valence-electron chi connectivity index (χ3n) is 14.2. The van der Waals surface area contributed by atoms with Crippen molar-refractivity contribution in [2.45, 2.75) is 78.6 Å². The smallest absolute Gasteiger partial charge is 0.533 e. The normalized spacial score (nSPS) is 10.9. The Morgan fingerprint density at radius 2 is 0.259 bits per heavy atom. The Hall–Kier alpha value is 1.57. The average Bonchev–Trinajstić information content (AvgIpc) is 0.810. The zero-order valence-electron chi connectivity index (χ0n) is 68.1. The predicted molar refractivity (Wildman–Crippen MR) is 474 cm³/mol. The standard InChI is InChI=1S/C12H38O61Si62/c1-131(2,3)69-74-78(16)82(20)86(24)90(28)94(32)97(35)100(38)103(41)106(44)104(42)101(39)98(36)95(33)91(29)89(27)85(23)81(19)77(15)72-135(11,12)130(68)128(66)126(64)124(62)122(60)121(59)120(58)119(57)118(56)117(55)116(54)115(53)114(52)113(51)112(50)111(49)110(48)109(47)108(46)107(45)105(43)102(40)99(37)96(34)92(30)88(26)84(22)80(18)76(14)71-134(9,10)129(67)127(65)125(63)123(61)93(31)87(25)83(21)79(17)75(13)70-133(7,8)73-132(4,5)6/h74H2,1-12H3. The van der Waals surface area contributed by atoms with Gasteiger partial charge in [-0.25, -0.2) is 0 Å². The summed E-state index contributed by atoms with van der Waals surface area (Å²) in [5, 5.41) is 0. The second kappa shape index (κ2) is 58.1. The summed E-state index contributed by atoms with van der Waals surface area (Å²) in [5.74, 6) is 0. The molecule has 0 N–H and O–H groups in total. The van der Waals surface area contributed by atoms with E-state index in [-0.39, 0.29) is 0 Å². The first-order valence-electron chi connectivity index (χ1n) is 33.7. The minimum atomic E-state index is -4.97. The summed E-state index contributed by atoms with van der Waals surface area (Å²) in [7, 11) is -279. The molecule has 0 spiro atoms. The molecule has 0 bridgehead atoms. The first-order valence-corrected chi connectivity index (χ1v) is 186. The molecule has 0 rings (SSSR count). The number of rotatable bonds is 66. The molecule has 0 fully saturated rings. The van der Waals surface area contributed by atoms with Gasteiger partial charge in [-0.1, -0.05) is 0 Å². The van der Waals surface area contributed by atoms with Crippen molar-refractivity contribution in [1.29, 1.82) is 0 Å². The van der Waals surface area contributed by atoms with Crippen LogP contribution in [0.25, 0.3) is 0 Å². The van der Waals surface area contributed by atoms with E-state index in [1.54, 1.807) is 39.3 Å². The summed E-state index contributed by atoms with van der Waals surface area (Å²) in [4.78, 5) is 0. The Kier molecular flexibility index (Phi) is 58.8. The van der Waals surface area contributed by atoms with Crippen LogP contribution in [0.5, 0.6) is 0 Å². The van der Waals surface area contributed by atoms with Gasteiger partial charge in [-0.05, 0) is 78.6 Å². The van der Waals surface area contributed by atoms with E-state index in [1.165, 1.54) is 13.1 Å². The van der Waals surface area contributed by atoms with Gasteiger partial charge < -0.3 is 270 Å². The maximum Gasteiger partial charge on any atom is 0.533 e. The highest BCUT2D eigenvalue weighted by atomic mass is 30.2. The van der Waals surface area contributed by atoms with Crippen LogP contribution < -0.4 is 0 Å². The van der Waals surface area contributed by atoms with E-state index in [0.717, 1.165) is 13.1 Å². The van der Waals surface area contributed by atoms with Crippen molar-refractivity contribution in [3.63, 3.8) is 0 Å². The first-order chi connectivity index (χ1) is 60.8. The third kappa shape index (κ3) is 37.9. The quantitative estimate of drug-likeness (QED) is 0.0510. The van der Waals surface area contributed by atoms with Crippen LogP contribution in [0.4, 0.5) is 0 Å². The molecule has 0 aliphatic rings. The predicted octanol–water partition coefficient (Wildman–Crippen LogP) is -24.1. The molecule has 0 aromatic rings. The Balaban J connectivity index is 6.07. The van der Waals surface area contributed by atoms with Gasteiger partial charge in [-0.15, -0.1) is 0 Å². The van der Waals surface area contributed by atoms with Crippen molar-refractivity contribution >= 4 is 485 Å². The van der Waals surface area contributed by atoms with Crippen LogP contribution in [0.2, 0.25) is 78.6 Å². The van der Waals surface area contributed by atoms with Crippen LogP contribution in [0.1, 0.15) is 0 Å². The van der Waals surface area contributed by atoms with Gasteiger partial charge in [0.1, 0.15) is 0 Å². The molecule has 0 amide bonds. The average molecular weight is 2900 g/mol. The molecule has 123 heteroatoms. The van der Waals surface area contributed by atoms with E-state index in [4.69, 9.17) is 20.6 Å². The van der Waals surface area contributed by atoms with Crippen molar-refractivity contribution < 1.29 is 270 Å². The molecular formula is C12H38O61Si62. The molecule has 0 aliphatic heterocycles. The Morgan fingerprint density at radius 3 is 0.393 bits per heavy atom. The van der Waals surface area contributed by atoms with Crippen LogP contribution in [0.3, 0.4) is 0 Å². The van der Waals surface area contributed by atoms with Gasteiger partial charge in [-0.2, -0.15) is 0 Å². The highest BCUT2D eigenvalue weighted by molar-refractivity contribution is 7.87. The molecule has 0 saturated heterocycles. The second-order valence-electron chi connectivity index (χ2n) is 27.7. The summed E-state index contributed by atoms with van der Waals surface area (Å²) in [6.07, 6.45) is 0. The van der Waals surface area contributed by atoms with Gasteiger partial charge in [0.15, 0.2) is 16.6 Å². The van der Waals surface area contributed by atoms with Crippen LogP contribution in [-0.4, -0.2) is 485 Å². The monoisotopic (exact) mass is 2890 g/mol.